The van der Waals surface area contributed by atoms with Crippen LogP contribution in [0.5, 0.6) is 11.5 Å². The summed E-state index contributed by atoms with van der Waals surface area (Å²) in [6, 6.07) is 40.9. The number of nitrogens with zero attached hydrogens (tertiary/aromatic N) is 1. The highest BCUT2D eigenvalue weighted by Crippen LogP contribution is 2.44. The van der Waals surface area contributed by atoms with Crippen molar-refractivity contribution < 1.29 is 4.74 Å². The van der Waals surface area contributed by atoms with Gasteiger partial charge in [-0.05, 0) is 70.1 Å². The van der Waals surface area contributed by atoms with Gasteiger partial charge in [0.1, 0.15) is 11.5 Å². The molecule has 0 bridgehead atoms. The fourth-order valence-corrected chi connectivity index (χ4v) is 5.57. The van der Waals surface area contributed by atoms with Gasteiger partial charge in [0.15, 0.2) is 0 Å². The maximum Gasteiger partial charge on any atom is 0.128 e. The zero-order valence-electron chi connectivity index (χ0n) is 18.3. The number of para-hydroxylation sites is 1. The van der Waals surface area contributed by atoms with Crippen molar-refractivity contribution in [3.63, 3.8) is 0 Å². The fraction of sp³-hybridized carbons (Fsp3) is 0. The molecule has 0 spiro atoms. The second kappa shape index (κ2) is 6.49. The Labute approximate surface area is 195 Å². The van der Waals surface area contributed by atoms with Crippen LogP contribution in [0.25, 0.3) is 59.6 Å². The first-order chi connectivity index (χ1) is 16.8. The van der Waals surface area contributed by atoms with E-state index in [1.54, 1.807) is 0 Å². The van der Waals surface area contributed by atoms with Gasteiger partial charge in [0.25, 0.3) is 0 Å². The van der Waals surface area contributed by atoms with Crippen LogP contribution in [0.3, 0.4) is 0 Å². The van der Waals surface area contributed by atoms with Gasteiger partial charge in [-0.15, -0.1) is 0 Å². The van der Waals surface area contributed by atoms with E-state index >= 15 is 0 Å². The minimum atomic E-state index is 0.847. The van der Waals surface area contributed by atoms with E-state index in [0.29, 0.717) is 0 Å². The van der Waals surface area contributed by atoms with E-state index in [2.05, 4.69) is 89.3 Å². The van der Waals surface area contributed by atoms with E-state index in [0.717, 1.165) is 11.5 Å². The molecule has 0 atom stereocenters. The zero-order valence-corrected chi connectivity index (χ0v) is 18.3. The molecule has 0 unspecified atom stereocenters. The van der Waals surface area contributed by atoms with Crippen molar-refractivity contribution in [2.75, 3.05) is 0 Å². The third-order valence-electron chi connectivity index (χ3n) is 7.08. The molecule has 0 aliphatic rings. The monoisotopic (exact) mass is 433 g/mol. The summed E-state index contributed by atoms with van der Waals surface area (Å²) in [4.78, 5) is 0. The molecule has 0 N–H and O–H groups in total. The normalized spacial score (nSPS) is 12.1. The van der Waals surface area contributed by atoms with Crippen molar-refractivity contribution in [1.29, 1.82) is 0 Å². The van der Waals surface area contributed by atoms with Gasteiger partial charge in [0.2, 0.25) is 0 Å². The van der Waals surface area contributed by atoms with Crippen molar-refractivity contribution in [2.24, 2.45) is 0 Å². The second-order valence-corrected chi connectivity index (χ2v) is 9.05. The van der Waals surface area contributed by atoms with E-state index in [9.17, 15) is 0 Å². The van der Waals surface area contributed by atoms with Gasteiger partial charge in [-0.2, -0.15) is 0 Å². The summed E-state index contributed by atoms with van der Waals surface area (Å²) in [6.45, 7) is 0. The number of fused-ring (bicyclic) bond motifs is 8. The Morgan fingerprint density at radius 2 is 0.882 bits per heavy atom. The molecule has 0 saturated heterocycles. The molecule has 8 rings (SSSR count). The summed E-state index contributed by atoms with van der Waals surface area (Å²) in [5.41, 5.74) is 3.73. The molecule has 0 saturated carbocycles. The van der Waals surface area contributed by atoms with Crippen molar-refractivity contribution >= 4 is 59.6 Å². The van der Waals surface area contributed by atoms with Crippen LogP contribution in [-0.2, 0) is 0 Å². The van der Waals surface area contributed by atoms with Gasteiger partial charge < -0.3 is 9.14 Å². The topological polar surface area (TPSA) is 13.6 Å². The maximum atomic E-state index is 6.35. The smallest absolute Gasteiger partial charge is 0.128 e. The van der Waals surface area contributed by atoms with Gasteiger partial charge in [-0.25, -0.2) is 0 Å². The van der Waals surface area contributed by atoms with Crippen LogP contribution < -0.4 is 4.74 Å². The zero-order chi connectivity index (χ0) is 22.2. The molecule has 2 aromatic heterocycles. The predicted molar refractivity (Wildman–Crippen MR) is 143 cm³/mol. The molecular weight excluding hydrogens is 414 g/mol. The molecular formula is C32H19NO. The third-order valence-corrected chi connectivity index (χ3v) is 7.08. The quantitative estimate of drug-likeness (QED) is 0.265. The first-order valence-electron chi connectivity index (χ1n) is 11.6. The van der Waals surface area contributed by atoms with E-state index in [-0.39, 0.29) is 0 Å². The maximum absolute atomic E-state index is 6.35. The minimum absolute atomic E-state index is 0.847. The molecule has 158 valence electrons. The van der Waals surface area contributed by atoms with Crippen LogP contribution in [0.4, 0.5) is 0 Å². The van der Waals surface area contributed by atoms with Gasteiger partial charge in [0.05, 0.1) is 16.6 Å². The van der Waals surface area contributed by atoms with Crippen LogP contribution in [0.15, 0.2) is 115 Å². The SMILES string of the molecule is c1ccc(Oc2cc3c4cc5ccccc5cc4n4c5cc6ccccc6cc5c(c2)c34)cc1. The van der Waals surface area contributed by atoms with E-state index in [4.69, 9.17) is 4.74 Å². The Kier molecular flexibility index (Phi) is 3.42. The summed E-state index contributed by atoms with van der Waals surface area (Å²) >= 11 is 0. The lowest BCUT2D eigenvalue weighted by Crippen LogP contribution is -1.84. The van der Waals surface area contributed by atoms with Crippen LogP contribution in [-0.4, -0.2) is 4.40 Å². The highest BCUT2D eigenvalue weighted by atomic mass is 16.5. The van der Waals surface area contributed by atoms with Gasteiger partial charge in [-0.3, -0.25) is 0 Å². The van der Waals surface area contributed by atoms with Crippen LogP contribution >= 0.6 is 0 Å². The van der Waals surface area contributed by atoms with Gasteiger partial charge in [-0.1, -0.05) is 66.7 Å². The molecule has 0 amide bonds. The highest BCUT2D eigenvalue weighted by molar-refractivity contribution is 6.26. The molecule has 6 aromatic carbocycles. The Morgan fingerprint density at radius 3 is 1.41 bits per heavy atom. The van der Waals surface area contributed by atoms with Crippen LogP contribution in [0.2, 0.25) is 0 Å². The summed E-state index contributed by atoms with van der Waals surface area (Å²) < 4.78 is 8.80. The Hall–Kier alpha value is -4.56. The molecule has 2 heterocycles. The van der Waals surface area contributed by atoms with E-state index in [1.165, 1.54) is 59.6 Å². The lowest BCUT2D eigenvalue weighted by molar-refractivity contribution is 0.484. The van der Waals surface area contributed by atoms with Crippen LogP contribution in [0.1, 0.15) is 0 Å². The van der Waals surface area contributed by atoms with Crippen molar-refractivity contribution in [3.8, 4) is 11.5 Å². The number of aromatic nitrogens is 1. The number of hydrogen-bond acceptors (Lipinski definition) is 1. The van der Waals surface area contributed by atoms with Crippen molar-refractivity contribution in [3.05, 3.63) is 115 Å². The largest absolute Gasteiger partial charge is 0.457 e. The second-order valence-electron chi connectivity index (χ2n) is 9.05. The van der Waals surface area contributed by atoms with Crippen molar-refractivity contribution in [2.45, 2.75) is 0 Å². The Balaban J connectivity index is 1.57. The first-order valence-corrected chi connectivity index (χ1v) is 11.6. The summed E-state index contributed by atoms with van der Waals surface area (Å²) in [7, 11) is 0. The summed E-state index contributed by atoms with van der Waals surface area (Å²) in [6.07, 6.45) is 0. The van der Waals surface area contributed by atoms with E-state index in [1.807, 2.05) is 30.3 Å². The molecule has 2 nitrogen and oxygen atoms in total. The highest BCUT2D eigenvalue weighted by Gasteiger charge is 2.20. The fourth-order valence-electron chi connectivity index (χ4n) is 5.57. The molecule has 8 aromatic rings. The molecule has 0 radical (unpaired) electrons. The first kappa shape index (κ1) is 17.9. The average molecular weight is 434 g/mol. The standard InChI is InChI=1S/C32H19NO/c1-2-12-24(13-3-1)34-25-18-28-26-14-20-8-4-6-10-22(20)16-30(26)33-31-17-23-11-7-5-9-21(23)15-27(31)29(19-25)32(28)33/h1-19H. The van der Waals surface area contributed by atoms with Crippen molar-refractivity contribution in [1.82, 2.24) is 4.40 Å². The predicted octanol–water partition coefficient (Wildman–Crippen LogP) is 8.94. The minimum Gasteiger partial charge on any atom is -0.457 e. The number of ether oxygens (including phenoxy) is 1. The van der Waals surface area contributed by atoms with E-state index < -0.39 is 0 Å². The lowest BCUT2D eigenvalue weighted by Gasteiger charge is -2.07. The molecule has 0 fully saturated rings. The Morgan fingerprint density at radius 1 is 0.412 bits per heavy atom. The molecule has 34 heavy (non-hydrogen) atoms. The number of rotatable bonds is 2. The molecule has 0 aliphatic carbocycles. The van der Waals surface area contributed by atoms with Gasteiger partial charge >= 0.3 is 0 Å². The lowest BCUT2D eigenvalue weighted by atomic mass is 10.0. The van der Waals surface area contributed by atoms with Crippen LogP contribution in [0, 0.1) is 0 Å². The number of hydrogen-bond donors (Lipinski definition) is 0. The average Bonchev–Trinajstić information content (AvgIpc) is 3.37. The Bertz CT molecular complexity index is 1910. The molecule has 2 heteroatoms. The summed E-state index contributed by atoms with van der Waals surface area (Å²) in [5.74, 6) is 1.71. The van der Waals surface area contributed by atoms with Gasteiger partial charge in [0, 0.05) is 21.5 Å². The summed E-state index contributed by atoms with van der Waals surface area (Å²) in [5, 5.41) is 9.98. The molecule has 0 aliphatic heterocycles. The third kappa shape index (κ3) is 2.40. The number of benzene rings is 6.